The van der Waals surface area contributed by atoms with Crippen LogP contribution in [0.4, 0.5) is 0 Å². The van der Waals surface area contributed by atoms with E-state index in [0.717, 1.165) is 9.75 Å². The third-order valence-corrected chi connectivity index (χ3v) is 5.21. The Labute approximate surface area is 152 Å². The second-order valence-corrected chi connectivity index (χ2v) is 7.22. The van der Waals surface area contributed by atoms with Crippen LogP contribution in [-0.2, 0) is 20.9 Å². The summed E-state index contributed by atoms with van der Waals surface area (Å²) in [7, 11) is 0. The molecule has 0 radical (unpaired) electrons. The van der Waals surface area contributed by atoms with Crippen LogP contribution in [0.5, 0.6) is 0 Å². The van der Waals surface area contributed by atoms with Crippen molar-refractivity contribution in [3.05, 3.63) is 51.7 Å². The lowest BCUT2D eigenvalue weighted by Crippen LogP contribution is -2.28. The van der Waals surface area contributed by atoms with Gasteiger partial charge in [0.05, 0.1) is 17.3 Å². The number of thiophene rings is 2. The number of hydrogen-bond donors (Lipinski definition) is 1. The Kier molecular flexibility index (Phi) is 5.62. The first-order valence-corrected chi connectivity index (χ1v) is 9.33. The number of ether oxygens (including phenoxy) is 1. The van der Waals surface area contributed by atoms with Crippen molar-refractivity contribution in [1.29, 1.82) is 0 Å². The highest BCUT2D eigenvalue weighted by Crippen LogP contribution is 2.26. The van der Waals surface area contributed by atoms with Crippen LogP contribution >= 0.6 is 22.7 Å². The number of nitrogens with one attached hydrogen (secondary N) is 1. The number of hydrogen-bond acceptors (Lipinski definition) is 7. The normalized spacial score (nSPS) is 11.9. The Morgan fingerprint density at radius 2 is 2.08 bits per heavy atom. The van der Waals surface area contributed by atoms with E-state index in [1.54, 1.807) is 17.4 Å². The lowest BCUT2D eigenvalue weighted by Gasteiger charge is -2.15. The molecule has 1 amide bonds. The van der Waals surface area contributed by atoms with Gasteiger partial charge in [0.25, 0.3) is 0 Å². The number of carbonyl (C=O) groups excluding carboxylic acids is 2. The molecule has 3 rings (SSSR count). The van der Waals surface area contributed by atoms with Crippen molar-refractivity contribution in [3.63, 3.8) is 0 Å². The molecule has 3 heterocycles. The summed E-state index contributed by atoms with van der Waals surface area (Å²) >= 11 is 3.03. The third kappa shape index (κ3) is 4.77. The first-order valence-electron chi connectivity index (χ1n) is 7.57. The first kappa shape index (κ1) is 17.4. The predicted octanol–water partition coefficient (Wildman–Crippen LogP) is 3.78. The van der Waals surface area contributed by atoms with E-state index in [1.807, 2.05) is 35.0 Å². The quantitative estimate of drug-likeness (QED) is 0.635. The van der Waals surface area contributed by atoms with Gasteiger partial charge in [-0.15, -0.1) is 22.7 Å². The van der Waals surface area contributed by atoms with Crippen molar-refractivity contribution in [1.82, 2.24) is 10.5 Å². The van der Waals surface area contributed by atoms with Gasteiger partial charge in [-0.25, -0.2) is 0 Å². The lowest BCUT2D eigenvalue weighted by atomic mass is 10.1. The van der Waals surface area contributed by atoms with Gasteiger partial charge in [0.1, 0.15) is 12.3 Å². The van der Waals surface area contributed by atoms with E-state index < -0.39 is 5.97 Å². The molecule has 1 unspecified atom stereocenters. The van der Waals surface area contributed by atoms with E-state index in [2.05, 4.69) is 10.5 Å². The molecule has 1 atom stereocenters. The maximum absolute atomic E-state index is 12.1. The standard InChI is InChI=1S/C17H16N2O4S2/c1-11(20)18-13(15-4-2-6-24-15)9-17(21)22-10-12-8-14(23-19-12)16-5-3-7-25-16/h2-8,13H,9-10H2,1H3,(H,18,20). The van der Waals surface area contributed by atoms with E-state index in [4.69, 9.17) is 9.26 Å². The zero-order valence-corrected chi connectivity index (χ0v) is 15.1. The van der Waals surface area contributed by atoms with Crippen LogP contribution in [0.1, 0.15) is 30.0 Å². The van der Waals surface area contributed by atoms with E-state index in [-0.39, 0.29) is 25.0 Å². The van der Waals surface area contributed by atoms with Gasteiger partial charge in [-0.1, -0.05) is 17.3 Å². The molecule has 0 aliphatic heterocycles. The SMILES string of the molecule is CC(=O)NC(CC(=O)OCc1cc(-c2cccs2)on1)c1cccs1. The summed E-state index contributed by atoms with van der Waals surface area (Å²) in [5, 5.41) is 10.5. The highest BCUT2D eigenvalue weighted by molar-refractivity contribution is 7.13. The van der Waals surface area contributed by atoms with Gasteiger partial charge in [-0.2, -0.15) is 0 Å². The van der Waals surface area contributed by atoms with Crippen molar-refractivity contribution in [2.45, 2.75) is 26.0 Å². The zero-order valence-electron chi connectivity index (χ0n) is 13.4. The molecule has 1 N–H and O–H groups in total. The van der Waals surface area contributed by atoms with Gasteiger partial charge in [0.15, 0.2) is 5.76 Å². The molecule has 0 aromatic carbocycles. The monoisotopic (exact) mass is 376 g/mol. The number of nitrogens with zero attached hydrogens (tertiary/aromatic N) is 1. The summed E-state index contributed by atoms with van der Waals surface area (Å²) in [6.07, 6.45) is 0.0652. The highest BCUT2D eigenvalue weighted by atomic mass is 32.1. The fourth-order valence-corrected chi connectivity index (χ4v) is 3.70. The molecule has 0 aliphatic carbocycles. The van der Waals surface area contributed by atoms with E-state index in [1.165, 1.54) is 18.3 Å². The predicted molar refractivity (Wildman–Crippen MR) is 95.1 cm³/mol. The molecule has 0 fully saturated rings. The second-order valence-electron chi connectivity index (χ2n) is 5.29. The molecule has 3 aromatic heterocycles. The fourth-order valence-electron chi connectivity index (χ4n) is 2.25. The van der Waals surface area contributed by atoms with Crippen molar-refractivity contribution in [2.24, 2.45) is 0 Å². The van der Waals surface area contributed by atoms with Crippen LogP contribution < -0.4 is 5.32 Å². The summed E-state index contributed by atoms with van der Waals surface area (Å²) in [6.45, 7) is 1.46. The van der Waals surface area contributed by atoms with Crippen molar-refractivity contribution < 1.29 is 18.8 Å². The molecular weight excluding hydrogens is 360 g/mol. The van der Waals surface area contributed by atoms with Crippen LogP contribution in [0.25, 0.3) is 10.6 Å². The van der Waals surface area contributed by atoms with Crippen LogP contribution in [0.15, 0.2) is 45.6 Å². The van der Waals surface area contributed by atoms with Crippen LogP contribution in [-0.4, -0.2) is 17.0 Å². The molecule has 6 nitrogen and oxygen atoms in total. The number of rotatable bonds is 7. The summed E-state index contributed by atoms with van der Waals surface area (Å²) in [5.41, 5.74) is 0.545. The van der Waals surface area contributed by atoms with Gasteiger partial charge in [0, 0.05) is 17.9 Å². The number of esters is 1. The fraction of sp³-hybridized carbons (Fsp3) is 0.235. The Hall–Kier alpha value is -2.45. The molecule has 0 saturated carbocycles. The zero-order chi connectivity index (χ0) is 17.6. The number of carbonyl (C=O) groups is 2. The highest BCUT2D eigenvalue weighted by Gasteiger charge is 2.19. The van der Waals surface area contributed by atoms with Gasteiger partial charge >= 0.3 is 5.97 Å². The molecule has 0 spiro atoms. The Morgan fingerprint density at radius 1 is 1.28 bits per heavy atom. The van der Waals surface area contributed by atoms with Gasteiger partial charge < -0.3 is 14.6 Å². The average molecular weight is 376 g/mol. The first-order chi connectivity index (χ1) is 12.1. The molecular formula is C17H16N2O4S2. The van der Waals surface area contributed by atoms with Crippen LogP contribution in [0.3, 0.4) is 0 Å². The summed E-state index contributed by atoms with van der Waals surface area (Å²) in [6, 6.07) is 8.98. The summed E-state index contributed by atoms with van der Waals surface area (Å²) < 4.78 is 10.5. The molecule has 25 heavy (non-hydrogen) atoms. The molecule has 130 valence electrons. The maximum Gasteiger partial charge on any atom is 0.308 e. The number of aromatic nitrogens is 1. The Balaban J connectivity index is 1.55. The van der Waals surface area contributed by atoms with Crippen LogP contribution in [0.2, 0.25) is 0 Å². The minimum absolute atomic E-state index is 0.0327. The Bertz CT molecular complexity index is 825. The second kappa shape index (κ2) is 8.09. The van der Waals surface area contributed by atoms with Gasteiger partial charge in [-0.3, -0.25) is 9.59 Å². The van der Waals surface area contributed by atoms with E-state index in [9.17, 15) is 9.59 Å². The largest absolute Gasteiger partial charge is 0.459 e. The van der Waals surface area contributed by atoms with E-state index >= 15 is 0 Å². The van der Waals surface area contributed by atoms with Crippen LogP contribution in [0, 0.1) is 0 Å². The lowest BCUT2D eigenvalue weighted by molar-refractivity contribution is -0.145. The van der Waals surface area contributed by atoms with Crippen molar-refractivity contribution >= 4 is 34.6 Å². The summed E-state index contributed by atoms with van der Waals surface area (Å²) in [4.78, 5) is 25.3. The van der Waals surface area contributed by atoms with Gasteiger partial charge in [-0.05, 0) is 22.9 Å². The van der Waals surface area contributed by atoms with Crippen molar-refractivity contribution in [3.8, 4) is 10.6 Å². The van der Waals surface area contributed by atoms with Crippen molar-refractivity contribution in [2.75, 3.05) is 0 Å². The molecule has 0 bridgehead atoms. The van der Waals surface area contributed by atoms with E-state index in [0.29, 0.717) is 11.5 Å². The average Bonchev–Trinajstić information content (AvgIpc) is 3.33. The number of amides is 1. The molecule has 0 aliphatic rings. The topological polar surface area (TPSA) is 81.4 Å². The third-order valence-electron chi connectivity index (χ3n) is 3.34. The van der Waals surface area contributed by atoms with Gasteiger partial charge in [0.2, 0.25) is 5.91 Å². The maximum atomic E-state index is 12.1. The minimum Gasteiger partial charge on any atom is -0.459 e. The molecule has 3 aromatic rings. The minimum atomic E-state index is -0.409. The Morgan fingerprint density at radius 3 is 2.76 bits per heavy atom. The molecule has 8 heteroatoms. The summed E-state index contributed by atoms with van der Waals surface area (Å²) in [5.74, 6) is 0.0480. The smallest absolute Gasteiger partial charge is 0.308 e. The molecule has 0 saturated heterocycles.